The summed E-state index contributed by atoms with van der Waals surface area (Å²) in [4.78, 5) is 49.7. The van der Waals surface area contributed by atoms with Gasteiger partial charge < -0.3 is 24.7 Å². The molecule has 1 rings (SSSR count). The fourth-order valence-electron chi connectivity index (χ4n) is 2.49. The van der Waals surface area contributed by atoms with Crippen LogP contribution in [0.15, 0.2) is 18.2 Å². The molecule has 0 bridgehead atoms. The highest BCUT2D eigenvalue weighted by Gasteiger charge is 2.31. The van der Waals surface area contributed by atoms with Crippen molar-refractivity contribution in [1.29, 1.82) is 0 Å². The number of nitrogens with two attached hydrogens (primary N) is 1. The highest BCUT2D eigenvalue weighted by Crippen LogP contribution is 2.33. The third kappa shape index (κ3) is 10.1. The van der Waals surface area contributed by atoms with Crippen LogP contribution in [0.1, 0.15) is 81.7 Å². The summed E-state index contributed by atoms with van der Waals surface area (Å²) in [6.45, 7) is 18.7. The highest BCUT2D eigenvalue weighted by molar-refractivity contribution is 5.81. The summed E-state index contributed by atoms with van der Waals surface area (Å²) in [5.41, 5.74) is 4.40. The van der Waals surface area contributed by atoms with Gasteiger partial charge in [-0.05, 0) is 100 Å². The molecule has 0 spiro atoms. The smallest absolute Gasteiger partial charge is 0.323 e. The summed E-state index contributed by atoms with van der Waals surface area (Å²) in [7, 11) is 0. The van der Waals surface area contributed by atoms with Crippen molar-refractivity contribution in [2.45, 2.75) is 101 Å². The first-order valence-corrected chi connectivity index (χ1v) is 12.4. The van der Waals surface area contributed by atoms with Crippen LogP contribution in [0, 0.1) is 16.2 Å². The van der Waals surface area contributed by atoms with E-state index in [0.717, 1.165) is 0 Å². The van der Waals surface area contributed by atoms with Gasteiger partial charge in [-0.25, -0.2) is 0 Å². The lowest BCUT2D eigenvalue weighted by atomic mass is 9.97. The van der Waals surface area contributed by atoms with Crippen molar-refractivity contribution < 1.29 is 38.1 Å². The first-order valence-electron chi connectivity index (χ1n) is 12.4. The Balaban J connectivity index is 3.03. The number of benzene rings is 1. The zero-order chi connectivity index (χ0) is 28.9. The molecule has 0 amide bonds. The fourth-order valence-corrected chi connectivity index (χ4v) is 2.49. The number of ether oxygens (including phenoxy) is 4. The van der Waals surface area contributed by atoms with Crippen molar-refractivity contribution in [3.8, 4) is 11.5 Å². The van der Waals surface area contributed by atoms with Gasteiger partial charge in [0.1, 0.15) is 18.2 Å². The Bertz CT molecular complexity index is 995. The van der Waals surface area contributed by atoms with Crippen molar-refractivity contribution in [3.05, 3.63) is 23.8 Å². The van der Waals surface area contributed by atoms with Gasteiger partial charge >= 0.3 is 23.9 Å². The van der Waals surface area contributed by atoms with Gasteiger partial charge in [-0.2, -0.15) is 0 Å². The van der Waals surface area contributed by atoms with Gasteiger partial charge in [0.05, 0.1) is 16.2 Å². The van der Waals surface area contributed by atoms with Gasteiger partial charge in [0.25, 0.3) is 0 Å². The predicted octanol–water partition coefficient (Wildman–Crippen LogP) is 4.37. The third-order valence-electron chi connectivity index (χ3n) is 5.26. The summed E-state index contributed by atoms with van der Waals surface area (Å²) in [5.74, 6) is -1.97. The Morgan fingerprint density at radius 2 is 1.14 bits per heavy atom. The second-order valence-corrected chi connectivity index (χ2v) is 12.4. The number of carbonyl (C=O) groups is 4. The molecule has 1 aromatic carbocycles. The van der Waals surface area contributed by atoms with Crippen LogP contribution in [0.2, 0.25) is 0 Å². The van der Waals surface area contributed by atoms with E-state index >= 15 is 0 Å². The summed E-state index contributed by atoms with van der Waals surface area (Å²) >= 11 is 0. The van der Waals surface area contributed by atoms with E-state index < -0.39 is 58.4 Å². The molecule has 1 unspecified atom stereocenters. The van der Waals surface area contributed by atoms with E-state index in [9.17, 15) is 19.2 Å². The van der Waals surface area contributed by atoms with Crippen LogP contribution in [0.25, 0.3) is 0 Å². The van der Waals surface area contributed by atoms with Crippen molar-refractivity contribution in [2.24, 2.45) is 22.0 Å². The van der Waals surface area contributed by atoms with E-state index in [1.807, 2.05) is 0 Å². The van der Waals surface area contributed by atoms with Crippen LogP contribution < -0.4 is 15.2 Å². The zero-order valence-electron chi connectivity index (χ0n) is 24.0. The molecule has 3 atom stereocenters. The highest BCUT2D eigenvalue weighted by atomic mass is 16.6. The van der Waals surface area contributed by atoms with E-state index in [4.69, 9.17) is 24.7 Å². The average Bonchev–Trinajstić information content (AvgIpc) is 2.73. The van der Waals surface area contributed by atoms with Gasteiger partial charge in [0.15, 0.2) is 11.5 Å². The summed E-state index contributed by atoms with van der Waals surface area (Å²) in [6.07, 6.45) is -1.31. The molecule has 0 aromatic heterocycles. The number of hydrogen-bond acceptors (Lipinski definition) is 9. The maximum Gasteiger partial charge on any atom is 0.323 e. The van der Waals surface area contributed by atoms with E-state index in [-0.39, 0.29) is 17.9 Å². The summed E-state index contributed by atoms with van der Waals surface area (Å²) in [6, 6.07) is 3.60. The molecule has 0 heterocycles. The van der Waals surface area contributed by atoms with Gasteiger partial charge in [-0.1, -0.05) is 6.07 Å². The lowest BCUT2D eigenvalue weighted by molar-refractivity contribution is -0.171. The Hall–Kier alpha value is -2.94. The fraction of sp³-hybridized carbons (Fsp3) is 0.643. The van der Waals surface area contributed by atoms with Crippen LogP contribution in [-0.2, 0) is 35.1 Å². The first-order chi connectivity index (χ1) is 16.6. The molecule has 0 radical (unpaired) electrons. The van der Waals surface area contributed by atoms with Crippen molar-refractivity contribution in [2.75, 3.05) is 0 Å². The molecular weight excluding hydrogens is 478 g/mol. The van der Waals surface area contributed by atoms with E-state index in [1.165, 1.54) is 12.1 Å². The molecule has 208 valence electrons. The molecule has 9 nitrogen and oxygen atoms in total. The van der Waals surface area contributed by atoms with Gasteiger partial charge in [0, 0.05) is 0 Å². The van der Waals surface area contributed by atoms with Gasteiger partial charge in [-0.15, -0.1) is 0 Å². The average molecular weight is 522 g/mol. The van der Waals surface area contributed by atoms with Crippen molar-refractivity contribution in [3.63, 3.8) is 0 Å². The minimum atomic E-state index is -1.04. The molecule has 37 heavy (non-hydrogen) atoms. The molecule has 9 heteroatoms. The first kappa shape index (κ1) is 32.1. The quantitative estimate of drug-likeness (QED) is 0.391. The molecule has 0 fully saturated rings. The Labute approximate surface area is 220 Å². The number of hydrogen-bond donors (Lipinski definition) is 1. The third-order valence-corrected chi connectivity index (χ3v) is 5.26. The molecule has 0 aliphatic carbocycles. The minimum absolute atomic E-state index is 0.0478. The largest absolute Gasteiger partial charge is 0.458 e. The molecule has 0 aliphatic heterocycles. The standard InChI is InChI=1S/C28H43NO8/c1-16(17(2)35-23(31)26(3,4)5)34-22(30)19(29)14-18-12-13-20(36-24(32)27(6,7)8)21(15-18)37-25(33)28(9,10)11/h12-13,15-17,19H,14,29H2,1-11H3/t16-,17?,19-/m0/s1. The molecule has 2 N–H and O–H groups in total. The molecule has 0 saturated carbocycles. The van der Waals surface area contributed by atoms with Crippen LogP contribution in [0.3, 0.4) is 0 Å². The van der Waals surface area contributed by atoms with Gasteiger partial charge in [-0.3, -0.25) is 19.2 Å². The topological polar surface area (TPSA) is 131 Å². The zero-order valence-corrected chi connectivity index (χ0v) is 24.0. The molecule has 1 aromatic rings. The lowest BCUT2D eigenvalue weighted by Gasteiger charge is -2.25. The monoisotopic (exact) mass is 521 g/mol. The van der Waals surface area contributed by atoms with E-state index in [2.05, 4.69) is 0 Å². The Morgan fingerprint density at radius 3 is 1.59 bits per heavy atom. The number of carbonyl (C=O) groups excluding carboxylic acids is 4. The summed E-state index contributed by atoms with van der Waals surface area (Å²) < 4.78 is 21.8. The molecule has 0 aliphatic rings. The van der Waals surface area contributed by atoms with Crippen LogP contribution in [0.4, 0.5) is 0 Å². The van der Waals surface area contributed by atoms with Crippen LogP contribution in [0.5, 0.6) is 11.5 Å². The number of esters is 4. The lowest BCUT2D eigenvalue weighted by Crippen LogP contribution is -2.40. The predicted molar refractivity (Wildman–Crippen MR) is 139 cm³/mol. The maximum absolute atomic E-state index is 12.6. The van der Waals surface area contributed by atoms with Crippen molar-refractivity contribution in [1.82, 2.24) is 0 Å². The second-order valence-electron chi connectivity index (χ2n) is 12.4. The normalized spacial score (nSPS) is 14.7. The number of rotatable bonds is 8. The van der Waals surface area contributed by atoms with Crippen LogP contribution in [-0.4, -0.2) is 42.1 Å². The van der Waals surface area contributed by atoms with Gasteiger partial charge in [0.2, 0.25) is 0 Å². The summed E-state index contributed by atoms with van der Waals surface area (Å²) in [5, 5.41) is 0. The van der Waals surface area contributed by atoms with Crippen molar-refractivity contribution >= 4 is 23.9 Å². The Kier molecular flexibility index (Phi) is 10.5. The Morgan fingerprint density at radius 1 is 0.703 bits per heavy atom. The minimum Gasteiger partial charge on any atom is -0.458 e. The van der Waals surface area contributed by atoms with E-state index in [1.54, 1.807) is 82.2 Å². The SMILES string of the molecule is CC(OC(=O)C(C)(C)C)[C@H](C)OC(=O)[C@@H](N)Cc1ccc(OC(=O)C(C)(C)C)c(OC(=O)C(C)(C)C)c1. The van der Waals surface area contributed by atoms with E-state index in [0.29, 0.717) is 5.56 Å². The van der Waals surface area contributed by atoms with Crippen LogP contribution >= 0.6 is 0 Å². The second kappa shape index (κ2) is 12.1. The molecular formula is C28H43NO8. The molecule has 0 saturated heterocycles. The maximum atomic E-state index is 12.6.